The van der Waals surface area contributed by atoms with Gasteiger partial charge in [-0.05, 0) is 109 Å². The fourth-order valence-electron chi connectivity index (χ4n) is 9.45. The number of hydrogen-bond donors (Lipinski definition) is 9. The second-order valence-corrected chi connectivity index (χ2v) is 21.8. The third-order valence-corrected chi connectivity index (χ3v) is 14.5. The second kappa shape index (κ2) is 52.5. The first-order valence-electron chi connectivity index (χ1n) is 31.9. The molecule has 9 N–H and O–H groups in total. The number of hydrogen-bond acceptors (Lipinski definition) is 13. The lowest BCUT2D eigenvalue weighted by atomic mass is 9.97. The van der Waals surface area contributed by atoms with Gasteiger partial charge in [0.25, 0.3) is 0 Å². The van der Waals surface area contributed by atoms with Gasteiger partial charge in [0.15, 0.2) is 12.6 Å². The summed E-state index contributed by atoms with van der Waals surface area (Å²) in [7, 11) is 0. The lowest BCUT2D eigenvalue weighted by Crippen LogP contribution is -2.65. The maximum absolute atomic E-state index is 13.3. The molecule has 2 rings (SSSR count). The van der Waals surface area contributed by atoms with Crippen LogP contribution in [0.3, 0.4) is 0 Å². The fourth-order valence-corrected chi connectivity index (χ4v) is 9.45. The van der Waals surface area contributed by atoms with Crippen LogP contribution in [0, 0.1) is 0 Å². The van der Waals surface area contributed by atoms with E-state index in [-0.39, 0.29) is 18.9 Å². The minimum atomic E-state index is -1.80. The standard InChI is InChI=1S/C69H113NO13/c1-3-5-7-9-11-13-15-17-19-21-22-23-24-25-26-27-28-29-30-31-32-33-34-35-36-37-39-41-43-45-47-49-51-53-61(74)70-57(58(73)52-50-48-46-44-42-40-38-20-18-16-14-12-10-8-6-4-2)56-80-68-66(79)64(77)67(60(55-72)82-68)83-69-65(78)63(76)62(75)59(54-71)81-69/h5,7,11,13,17-20,22-23,25-26,28-29,31-32,34-35,42,44,50,52,57-60,62-69,71-73,75-79H,3-4,6,8-10,12,14-16,21,24,27,30,33,36-41,43,45-49,51,53-56H2,1-2H3,(H,70,74)/b7-5-,13-11-,19-17-,20-18+,23-22-,26-25-,29-28-,32-31-,35-34-,44-42+,52-50+. The van der Waals surface area contributed by atoms with Crippen LogP contribution in [0.2, 0.25) is 0 Å². The van der Waals surface area contributed by atoms with Crippen molar-refractivity contribution in [2.75, 3.05) is 19.8 Å². The highest BCUT2D eigenvalue weighted by molar-refractivity contribution is 5.76. The molecule has 14 nitrogen and oxygen atoms in total. The summed E-state index contributed by atoms with van der Waals surface area (Å²) in [6, 6.07) is -0.952. The van der Waals surface area contributed by atoms with Crippen LogP contribution < -0.4 is 5.32 Å². The summed E-state index contributed by atoms with van der Waals surface area (Å²) in [5.41, 5.74) is 0. The SMILES string of the molecule is CC/C=C\C/C=C\C/C=C\C/C=C\C/C=C\C/C=C\C/C=C\C/C=C\CCCCCCCCCCC(=O)NC(COC1OC(CO)C(OC2OC(CO)C(O)C(O)C2O)C(O)C1O)C(O)/C=C/CC/C=C/CC/C=C/CCCCCCCC. The zero-order valence-corrected chi connectivity index (χ0v) is 50.9. The summed E-state index contributed by atoms with van der Waals surface area (Å²) >= 11 is 0. The van der Waals surface area contributed by atoms with E-state index < -0.39 is 86.8 Å². The van der Waals surface area contributed by atoms with Crippen molar-refractivity contribution in [3.8, 4) is 0 Å². The van der Waals surface area contributed by atoms with Crippen molar-refractivity contribution in [3.63, 3.8) is 0 Å². The number of amides is 1. The van der Waals surface area contributed by atoms with Crippen molar-refractivity contribution >= 4 is 5.91 Å². The quantitative estimate of drug-likeness (QED) is 0.0204. The van der Waals surface area contributed by atoms with Crippen molar-refractivity contribution in [1.29, 1.82) is 0 Å². The molecule has 0 radical (unpaired) electrons. The summed E-state index contributed by atoms with van der Waals surface area (Å²) in [4.78, 5) is 13.3. The Morgan fingerprint density at radius 1 is 0.446 bits per heavy atom. The highest BCUT2D eigenvalue weighted by atomic mass is 16.7. The van der Waals surface area contributed by atoms with E-state index >= 15 is 0 Å². The summed E-state index contributed by atoms with van der Waals surface area (Å²) in [5, 5.41) is 87.1. The number of allylic oxidation sites excluding steroid dienone is 21. The molecule has 12 atom stereocenters. The molecule has 0 bridgehead atoms. The highest BCUT2D eigenvalue weighted by Gasteiger charge is 2.51. The molecular weight excluding hydrogens is 1050 g/mol. The third-order valence-electron chi connectivity index (χ3n) is 14.5. The molecule has 0 aliphatic carbocycles. The van der Waals surface area contributed by atoms with Gasteiger partial charge in [-0.25, -0.2) is 0 Å². The minimum Gasteiger partial charge on any atom is -0.394 e. The molecule has 0 aromatic rings. The van der Waals surface area contributed by atoms with Gasteiger partial charge in [0.05, 0.1) is 32.0 Å². The van der Waals surface area contributed by atoms with E-state index in [1.165, 1.54) is 57.8 Å². The van der Waals surface area contributed by atoms with Gasteiger partial charge < -0.3 is 65.1 Å². The van der Waals surface area contributed by atoms with Crippen LogP contribution in [-0.4, -0.2) is 140 Å². The van der Waals surface area contributed by atoms with Gasteiger partial charge in [0.2, 0.25) is 5.91 Å². The molecule has 0 aromatic heterocycles. The molecule has 2 aliphatic rings. The zero-order valence-electron chi connectivity index (χ0n) is 50.9. The Morgan fingerprint density at radius 3 is 1.33 bits per heavy atom. The van der Waals surface area contributed by atoms with E-state index in [2.05, 4.69) is 141 Å². The first-order valence-corrected chi connectivity index (χ1v) is 31.9. The summed E-state index contributed by atoms with van der Waals surface area (Å²) in [5.74, 6) is -0.269. The predicted molar refractivity (Wildman–Crippen MR) is 336 cm³/mol. The minimum absolute atomic E-state index is 0.251. The number of rotatable bonds is 49. The van der Waals surface area contributed by atoms with E-state index in [4.69, 9.17) is 18.9 Å². The van der Waals surface area contributed by atoms with Crippen molar-refractivity contribution in [2.45, 2.75) is 274 Å². The van der Waals surface area contributed by atoms with E-state index in [0.29, 0.717) is 12.8 Å². The lowest BCUT2D eigenvalue weighted by molar-refractivity contribution is -0.359. The molecular formula is C69H113NO13. The summed E-state index contributed by atoms with van der Waals surface area (Å²) in [6.07, 6.45) is 60.6. The molecule has 83 heavy (non-hydrogen) atoms. The van der Waals surface area contributed by atoms with Crippen LogP contribution in [-0.2, 0) is 23.7 Å². The van der Waals surface area contributed by atoms with E-state index in [1.807, 2.05) is 6.08 Å². The predicted octanol–water partition coefficient (Wildman–Crippen LogP) is 11.9. The van der Waals surface area contributed by atoms with Crippen LogP contribution in [0.5, 0.6) is 0 Å². The average molecular weight is 1160 g/mol. The molecule has 472 valence electrons. The van der Waals surface area contributed by atoms with Crippen molar-refractivity contribution in [3.05, 3.63) is 134 Å². The van der Waals surface area contributed by atoms with Gasteiger partial charge in [-0.1, -0.05) is 218 Å². The topological polar surface area (TPSA) is 228 Å². The van der Waals surface area contributed by atoms with E-state index in [9.17, 15) is 45.6 Å². The number of unbranched alkanes of at least 4 members (excludes halogenated alkanes) is 16. The van der Waals surface area contributed by atoms with E-state index in [0.717, 1.165) is 109 Å². The Morgan fingerprint density at radius 2 is 0.843 bits per heavy atom. The van der Waals surface area contributed by atoms with Crippen LogP contribution in [0.1, 0.15) is 200 Å². The molecule has 1 amide bonds. The molecule has 12 unspecified atom stereocenters. The molecule has 2 fully saturated rings. The molecule has 2 aliphatic heterocycles. The van der Waals surface area contributed by atoms with Gasteiger partial charge in [0, 0.05) is 6.42 Å². The average Bonchev–Trinajstić information content (AvgIpc) is 3.63. The van der Waals surface area contributed by atoms with Crippen LogP contribution in [0.25, 0.3) is 0 Å². The summed E-state index contributed by atoms with van der Waals surface area (Å²) < 4.78 is 22.8. The largest absolute Gasteiger partial charge is 0.394 e. The molecule has 2 saturated heterocycles. The summed E-state index contributed by atoms with van der Waals surface area (Å²) in [6.45, 7) is 2.62. The van der Waals surface area contributed by atoms with Crippen LogP contribution in [0.15, 0.2) is 134 Å². The molecule has 2 heterocycles. The Labute approximate surface area is 500 Å². The number of carbonyl (C=O) groups is 1. The lowest BCUT2D eigenvalue weighted by Gasteiger charge is -2.46. The van der Waals surface area contributed by atoms with Crippen molar-refractivity contribution < 1.29 is 64.6 Å². The Kier molecular flexibility index (Phi) is 47.5. The molecule has 0 spiro atoms. The fraction of sp³-hybridized carbons (Fsp3) is 0.667. The number of aliphatic hydroxyl groups is 8. The second-order valence-electron chi connectivity index (χ2n) is 21.8. The maximum atomic E-state index is 13.3. The number of nitrogens with one attached hydrogen (secondary N) is 1. The number of aliphatic hydroxyl groups excluding tert-OH is 8. The smallest absolute Gasteiger partial charge is 0.220 e. The first kappa shape index (κ1) is 75.2. The molecule has 14 heteroatoms. The maximum Gasteiger partial charge on any atom is 0.220 e. The van der Waals surface area contributed by atoms with Crippen LogP contribution >= 0.6 is 0 Å². The van der Waals surface area contributed by atoms with Crippen LogP contribution in [0.4, 0.5) is 0 Å². The van der Waals surface area contributed by atoms with Crippen molar-refractivity contribution in [1.82, 2.24) is 5.32 Å². The number of ether oxygens (including phenoxy) is 4. The van der Waals surface area contributed by atoms with Gasteiger partial charge in [-0.2, -0.15) is 0 Å². The Hall–Kier alpha value is -3.87. The third kappa shape index (κ3) is 37.3. The molecule has 0 saturated carbocycles. The molecule has 0 aromatic carbocycles. The van der Waals surface area contributed by atoms with E-state index in [1.54, 1.807) is 6.08 Å². The van der Waals surface area contributed by atoms with Gasteiger partial charge in [-0.15, -0.1) is 0 Å². The Balaban J connectivity index is 1.71. The normalized spacial score (nSPS) is 24.7. The van der Waals surface area contributed by atoms with Gasteiger partial charge in [0.1, 0.15) is 48.8 Å². The number of carbonyl (C=O) groups excluding carboxylic acids is 1. The van der Waals surface area contributed by atoms with Gasteiger partial charge >= 0.3 is 0 Å². The zero-order chi connectivity index (χ0) is 60.2. The van der Waals surface area contributed by atoms with Crippen molar-refractivity contribution in [2.24, 2.45) is 0 Å². The van der Waals surface area contributed by atoms with Gasteiger partial charge in [-0.3, -0.25) is 4.79 Å². The first-order chi connectivity index (χ1) is 40.6. The Bertz CT molecular complexity index is 1900. The highest BCUT2D eigenvalue weighted by Crippen LogP contribution is 2.30. The monoisotopic (exact) mass is 1160 g/mol.